The second-order valence-electron chi connectivity index (χ2n) is 5.92. The number of thiazole rings is 1. The van der Waals surface area contributed by atoms with Crippen molar-refractivity contribution in [3.63, 3.8) is 0 Å². The Kier molecular flexibility index (Phi) is 5.97. The molecule has 0 radical (unpaired) electrons. The molecule has 3 rings (SSSR count). The highest BCUT2D eigenvalue weighted by Crippen LogP contribution is 2.39. The van der Waals surface area contributed by atoms with E-state index < -0.39 is 0 Å². The van der Waals surface area contributed by atoms with E-state index in [0.29, 0.717) is 16.6 Å². The van der Waals surface area contributed by atoms with Crippen LogP contribution in [-0.4, -0.2) is 16.5 Å². The third-order valence-corrected chi connectivity index (χ3v) is 5.75. The Balaban J connectivity index is 2.00. The molecule has 1 aromatic carbocycles. The topological polar surface area (TPSA) is 29.0 Å². The number of hydrogen-bond donors (Lipinski definition) is 0. The third kappa shape index (κ3) is 3.93. The van der Waals surface area contributed by atoms with Gasteiger partial charge in [-0.2, -0.15) is 0 Å². The molecule has 134 valence electrons. The van der Waals surface area contributed by atoms with Crippen molar-refractivity contribution in [1.82, 2.24) is 9.97 Å². The molecule has 3 aromatic rings. The van der Waals surface area contributed by atoms with Crippen molar-refractivity contribution in [2.24, 2.45) is 0 Å². The van der Waals surface area contributed by atoms with Gasteiger partial charge in [0.25, 0.3) is 0 Å². The summed E-state index contributed by atoms with van der Waals surface area (Å²) in [5.74, 6) is 0. The maximum atomic E-state index is 6.39. The van der Waals surface area contributed by atoms with Gasteiger partial charge in [0, 0.05) is 34.4 Å². The molecule has 6 heteroatoms. The second kappa shape index (κ2) is 8.21. The first-order valence-electron chi connectivity index (χ1n) is 8.21. The predicted molar refractivity (Wildman–Crippen MR) is 113 cm³/mol. The van der Waals surface area contributed by atoms with Crippen molar-refractivity contribution in [3.8, 4) is 11.3 Å². The SMILES string of the molecule is C=CCN(c1nc(-c2ccc(Cl)cc2Cl)c(C)s1)C(C)c1ccncc1. The number of aryl methyl sites for hydroxylation is 1. The molecule has 1 atom stereocenters. The first-order chi connectivity index (χ1) is 12.5. The van der Waals surface area contributed by atoms with E-state index in [2.05, 4.69) is 30.3 Å². The Bertz CT molecular complexity index is 909. The van der Waals surface area contributed by atoms with Crippen molar-refractivity contribution >= 4 is 39.7 Å². The van der Waals surface area contributed by atoms with Gasteiger partial charge in [0.1, 0.15) is 0 Å². The molecule has 0 saturated carbocycles. The summed E-state index contributed by atoms with van der Waals surface area (Å²) < 4.78 is 0. The number of nitrogens with zero attached hydrogens (tertiary/aromatic N) is 3. The fraction of sp³-hybridized carbons (Fsp3) is 0.200. The summed E-state index contributed by atoms with van der Waals surface area (Å²) in [7, 11) is 0. The standard InChI is InChI=1S/C20H19Cl2N3S/c1-4-11-25(13(2)15-7-9-23-10-8-15)20-24-19(14(3)26-20)17-6-5-16(21)12-18(17)22/h4-10,12-13H,1,11H2,2-3H3. The van der Waals surface area contributed by atoms with Gasteiger partial charge >= 0.3 is 0 Å². The van der Waals surface area contributed by atoms with Crippen molar-refractivity contribution in [3.05, 3.63) is 75.9 Å². The van der Waals surface area contributed by atoms with Crippen LogP contribution in [0.1, 0.15) is 23.4 Å². The summed E-state index contributed by atoms with van der Waals surface area (Å²) in [6.45, 7) is 8.82. The first-order valence-corrected chi connectivity index (χ1v) is 9.78. The molecule has 0 spiro atoms. The minimum absolute atomic E-state index is 0.148. The zero-order chi connectivity index (χ0) is 18.7. The predicted octanol–water partition coefficient (Wildman–Crippen LogP) is 6.57. The van der Waals surface area contributed by atoms with Crippen LogP contribution in [-0.2, 0) is 0 Å². The van der Waals surface area contributed by atoms with E-state index in [-0.39, 0.29) is 6.04 Å². The van der Waals surface area contributed by atoms with Crippen LogP contribution < -0.4 is 4.90 Å². The average Bonchev–Trinajstić information content (AvgIpc) is 3.01. The highest BCUT2D eigenvalue weighted by molar-refractivity contribution is 7.16. The van der Waals surface area contributed by atoms with Gasteiger partial charge in [-0.25, -0.2) is 4.98 Å². The van der Waals surface area contributed by atoms with Crippen LogP contribution in [0, 0.1) is 6.92 Å². The van der Waals surface area contributed by atoms with Crippen molar-refractivity contribution in [2.75, 3.05) is 11.4 Å². The minimum atomic E-state index is 0.148. The van der Waals surface area contributed by atoms with Crippen LogP contribution in [0.5, 0.6) is 0 Å². The van der Waals surface area contributed by atoms with E-state index in [1.807, 2.05) is 42.7 Å². The molecule has 1 unspecified atom stereocenters. The van der Waals surface area contributed by atoms with Gasteiger partial charge in [-0.1, -0.05) is 29.3 Å². The van der Waals surface area contributed by atoms with Crippen molar-refractivity contribution in [1.29, 1.82) is 0 Å². The monoisotopic (exact) mass is 403 g/mol. The number of anilines is 1. The minimum Gasteiger partial charge on any atom is -0.338 e. The second-order valence-corrected chi connectivity index (χ2v) is 7.95. The summed E-state index contributed by atoms with van der Waals surface area (Å²) >= 11 is 14.1. The van der Waals surface area contributed by atoms with Gasteiger partial charge in [0.15, 0.2) is 5.13 Å². The number of pyridine rings is 1. The van der Waals surface area contributed by atoms with Crippen LogP contribution in [0.15, 0.2) is 55.4 Å². The van der Waals surface area contributed by atoms with Crippen LogP contribution in [0.4, 0.5) is 5.13 Å². The van der Waals surface area contributed by atoms with Crippen molar-refractivity contribution in [2.45, 2.75) is 19.9 Å². The van der Waals surface area contributed by atoms with Gasteiger partial charge in [0.05, 0.1) is 16.8 Å². The van der Waals surface area contributed by atoms with E-state index in [1.54, 1.807) is 17.4 Å². The Morgan fingerprint density at radius 2 is 1.96 bits per heavy atom. The van der Waals surface area contributed by atoms with Gasteiger partial charge in [-0.05, 0) is 49.7 Å². The fourth-order valence-corrected chi connectivity index (χ4v) is 4.31. The average molecular weight is 404 g/mol. The smallest absolute Gasteiger partial charge is 0.186 e. The lowest BCUT2D eigenvalue weighted by molar-refractivity contribution is 0.705. The summed E-state index contributed by atoms with van der Waals surface area (Å²) in [6, 6.07) is 9.70. The van der Waals surface area contributed by atoms with E-state index in [4.69, 9.17) is 28.2 Å². The number of benzene rings is 1. The molecule has 0 bridgehead atoms. The number of rotatable bonds is 6. The largest absolute Gasteiger partial charge is 0.338 e. The van der Waals surface area contributed by atoms with Crippen LogP contribution in [0.2, 0.25) is 10.0 Å². The van der Waals surface area contributed by atoms with E-state index >= 15 is 0 Å². The summed E-state index contributed by atoms with van der Waals surface area (Å²) in [5, 5.41) is 2.16. The van der Waals surface area contributed by atoms with E-state index in [1.165, 1.54) is 5.56 Å². The van der Waals surface area contributed by atoms with Crippen LogP contribution >= 0.6 is 34.5 Å². The fourth-order valence-electron chi connectivity index (χ4n) is 2.80. The molecular weight excluding hydrogens is 385 g/mol. The molecular formula is C20H19Cl2N3S. The Hall–Kier alpha value is -1.88. The van der Waals surface area contributed by atoms with Gasteiger partial charge in [0.2, 0.25) is 0 Å². The van der Waals surface area contributed by atoms with E-state index in [9.17, 15) is 0 Å². The van der Waals surface area contributed by atoms with Crippen molar-refractivity contribution < 1.29 is 0 Å². The van der Waals surface area contributed by atoms with Crippen LogP contribution in [0.3, 0.4) is 0 Å². The molecule has 0 fully saturated rings. The van der Waals surface area contributed by atoms with E-state index in [0.717, 1.165) is 21.3 Å². The lowest BCUT2D eigenvalue weighted by atomic mass is 10.1. The molecule has 3 nitrogen and oxygen atoms in total. The molecule has 0 aliphatic rings. The molecule has 0 saturated heterocycles. The highest BCUT2D eigenvalue weighted by atomic mass is 35.5. The highest BCUT2D eigenvalue weighted by Gasteiger charge is 2.21. The third-order valence-electron chi connectivity index (χ3n) is 4.20. The maximum Gasteiger partial charge on any atom is 0.186 e. The number of aromatic nitrogens is 2. The zero-order valence-corrected chi connectivity index (χ0v) is 16.9. The summed E-state index contributed by atoms with van der Waals surface area (Å²) in [6.07, 6.45) is 5.51. The molecule has 2 heterocycles. The van der Waals surface area contributed by atoms with Gasteiger partial charge in [-0.3, -0.25) is 4.98 Å². The molecule has 0 aliphatic heterocycles. The number of hydrogen-bond acceptors (Lipinski definition) is 4. The lowest BCUT2D eigenvalue weighted by Crippen LogP contribution is -2.26. The zero-order valence-electron chi connectivity index (χ0n) is 14.6. The Morgan fingerprint density at radius 3 is 2.62 bits per heavy atom. The first kappa shape index (κ1) is 18.9. The lowest BCUT2D eigenvalue weighted by Gasteiger charge is -2.28. The summed E-state index contributed by atoms with van der Waals surface area (Å²) in [5.41, 5.74) is 2.97. The normalized spacial score (nSPS) is 12.0. The van der Waals surface area contributed by atoms with Crippen LogP contribution in [0.25, 0.3) is 11.3 Å². The quantitative estimate of drug-likeness (QED) is 0.435. The van der Waals surface area contributed by atoms with Gasteiger partial charge in [-0.15, -0.1) is 17.9 Å². The Morgan fingerprint density at radius 1 is 1.23 bits per heavy atom. The molecule has 0 N–H and O–H groups in total. The molecule has 26 heavy (non-hydrogen) atoms. The molecule has 0 amide bonds. The van der Waals surface area contributed by atoms with Gasteiger partial charge < -0.3 is 4.90 Å². The molecule has 0 aliphatic carbocycles. The Labute approximate surface area is 167 Å². The molecule has 2 aromatic heterocycles. The summed E-state index contributed by atoms with van der Waals surface area (Å²) in [4.78, 5) is 12.3. The number of halogens is 2. The maximum absolute atomic E-state index is 6.39.